The van der Waals surface area contributed by atoms with E-state index in [1.165, 1.54) is 0 Å². The molecule has 1 N–H and O–H groups in total. The average Bonchev–Trinajstić information content (AvgIpc) is 2.86. The van der Waals surface area contributed by atoms with E-state index < -0.39 is 6.10 Å². The van der Waals surface area contributed by atoms with Gasteiger partial charge in [-0.05, 0) is 25.0 Å². The van der Waals surface area contributed by atoms with E-state index in [1.807, 2.05) is 19.1 Å². The molecule has 27 heavy (non-hydrogen) atoms. The zero-order chi connectivity index (χ0) is 19.2. The van der Waals surface area contributed by atoms with Crippen LogP contribution < -0.4 is 9.47 Å². The van der Waals surface area contributed by atoms with Crippen molar-refractivity contribution in [3.8, 4) is 11.5 Å². The molecule has 7 heteroatoms. The molecule has 3 atom stereocenters. The largest absolute Gasteiger partial charge is 0.493 e. The van der Waals surface area contributed by atoms with Gasteiger partial charge in [0.1, 0.15) is 6.10 Å². The standard InChI is InChI=1S/C20H24BrNO5/c1-3-26-17(24)11-22-7-6-20-5-4-12(23)8-16(20)27-19-15(25-2)9-14(21)13(10-22)18(19)20/h4-5,9,12,16,23H,3,6-8,10-11H2,1-2H3/t12?,16-,20?/m1/s1. The summed E-state index contributed by atoms with van der Waals surface area (Å²) in [5.74, 6) is 1.24. The van der Waals surface area contributed by atoms with Crippen molar-refractivity contribution in [2.45, 2.75) is 43.9 Å². The van der Waals surface area contributed by atoms with Crippen LogP contribution in [0.15, 0.2) is 22.7 Å². The summed E-state index contributed by atoms with van der Waals surface area (Å²) in [5.41, 5.74) is 1.91. The Hall–Kier alpha value is -1.57. The van der Waals surface area contributed by atoms with Crippen molar-refractivity contribution in [3.63, 3.8) is 0 Å². The molecule has 0 aromatic heterocycles. The maximum Gasteiger partial charge on any atom is 0.320 e. The minimum atomic E-state index is -0.508. The minimum Gasteiger partial charge on any atom is -0.493 e. The molecular weight excluding hydrogens is 414 g/mol. The Labute approximate surface area is 167 Å². The van der Waals surface area contributed by atoms with Gasteiger partial charge >= 0.3 is 5.97 Å². The molecular formula is C20H24BrNO5. The van der Waals surface area contributed by atoms with Crippen molar-refractivity contribution >= 4 is 21.9 Å². The number of hydrogen-bond acceptors (Lipinski definition) is 6. The molecule has 1 aromatic rings. The molecule has 6 nitrogen and oxygen atoms in total. The Kier molecular flexibility index (Phi) is 4.94. The molecule has 2 aliphatic heterocycles. The highest BCUT2D eigenvalue weighted by Gasteiger charge is 2.53. The van der Waals surface area contributed by atoms with Gasteiger partial charge in [0.2, 0.25) is 0 Å². The summed E-state index contributed by atoms with van der Waals surface area (Å²) < 4.78 is 18.0. The van der Waals surface area contributed by atoms with Gasteiger partial charge in [-0.25, -0.2) is 0 Å². The maximum absolute atomic E-state index is 12.0. The lowest BCUT2D eigenvalue weighted by molar-refractivity contribution is -0.144. The SMILES string of the molecule is CCOC(=O)CN1CCC23C=CC(O)C[C@H]2Oc2c(OC)cc(Br)c(c23)C1. The second-order valence-corrected chi connectivity index (χ2v) is 8.17. The highest BCUT2D eigenvalue weighted by molar-refractivity contribution is 9.10. The zero-order valence-electron chi connectivity index (χ0n) is 15.5. The first-order valence-corrected chi connectivity index (χ1v) is 10.1. The van der Waals surface area contributed by atoms with Crippen LogP contribution >= 0.6 is 15.9 Å². The number of carbonyl (C=O) groups excluding carboxylic acids is 1. The fourth-order valence-electron chi connectivity index (χ4n) is 4.54. The van der Waals surface area contributed by atoms with Crippen LogP contribution in [0.5, 0.6) is 11.5 Å². The Balaban J connectivity index is 1.80. The lowest BCUT2D eigenvalue weighted by atomic mass is 9.69. The molecule has 2 unspecified atom stereocenters. The van der Waals surface area contributed by atoms with Crippen LogP contribution in [-0.4, -0.2) is 55.0 Å². The number of benzene rings is 1. The third-order valence-electron chi connectivity index (χ3n) is 5.77. The Morgan fingerprint density at radius 2 is 2.33 bits per heavy atom. The summed E-state index contributed by atoms with van der Waals surface area (Å²) in [7, 11) is 1.64. The van der Waals surface area contributed by atoms with Crippen molar-refractivity contribution in [1.82, 2.24) is 4.90 Å². The normalized spacial score (nSPS) is 28.7. The number of rotatable bonds is 4. The topological polar surface area (TPSA) is 68.2 Å². The summed E-state index contributed by atoms with van der Waals surface area (Å²) in [6.45, 7) is 3.82. The van der Waals surface area contributed by atoms with E-state index in [0.717, 1.165) is 34.3 Å². The third-order valence-corrected chi connectivity index (χ3v) is 6.48. The number of nitrogens with zero attached hydrogens (tertiary/aromatic N) is 1. The molecule has 0 bridgehead atoms. The summed E-state index contributed by atoms with van der Waals surface area (Å²) in [6.07, 6.45) is 4.67. The number of hydrogen-bond donors (Lipinski definition) is 1. The predicted octanol–water partition coefficient (Wildman–Crippen LogP) is 2.55. The fourth-order valence-corrected chi connectivity index (χ4v) is 5.07. The van der Waals surface area contributed by atoms with Gasteiger partial charge in [-0.2, -0.15) is 0 Å². The van der Waals surface area contributed by atoms with Crippen LogP contribution in [0.1, 0.15) is 30.9 Å². The first kappa shape index (κ1) is 18.8. The van der Waals surface area contributed by atoms with Crippen molar-refractivity contribution in [1.29, 1.82) is 0 Å². The maximum atomic E-state index is 12.0. The lowest BCUT2D eigenvalue weighted by Crippen LogP contribution is -2.43. The zero-order valence-corrected chi connectivity index (χ0v) is 17.1. The van der Waals surface area contributed by atoms with Gasteiger partial charge < -0.3 is 19.3 Å². The first-order chi connectivity index (χ1) is 13.0. The van der Waals surface area contributed by atoms with Gasteiger partial charge in [-0.15, -0.1) is 0 Å². The molecule has 0 radical (unpaired) electrons. The van der Waals surface area contributed by atoms with Crippen LogP contribution in [0.2, 0.25) is 0 Å². The van der Waals surface area contributed by atoms with Gasteiger partial charge in [-0.3, -0.25) is 9.69 Å². The van der Waals surface area contributed by atoms with E-state index in [9.17, 15) is 9.90 Å². The Morgan fingerprint density at radius 1 is 1.52 bits per heavy atom. The molecule has 3 aliphatic rings. The lowest BCUT2D eigenvalue weighted by Gasteiger charge is -2.35. The number of carbonyl (C=O) groups is 1. The molecule has 0 amide bonds. The molecule has 4 rings (SSSR count). The van der Waals surface area contributed by atoms with E-state index >= 15 is 0 Å². The van der Waals surface area contributed by atoms with Crippen LogP contribution in [-0.2, 0) is 21.5 Å². The molecule has 146 valence electrons. The third kappa shape index (κ3) is 3.05. The monoisotopic (exact) mass is 437 g/mol. The van der Waals surface area contributed by atoms with E-state index in [0.29, 0.717) is 25.3 Å². The van der Waals surface area contributed by atoms with E-state index in [4.69, 9.17) is 14.2 Å². The summed E-state index contributed by atoms with van der Waals surface area (Å²) in [5, 5.41) is 10.1. The minimum absolute atomic E-state index is 0.142. The number of aliphatic hydroxyl groups excluding tert-OH is 1. The first-order valence-electron chi connectivity index (χ1n) is 9.30. The van der Waals surface area contributed by atoms with Gasteiger partial charge in [-0.1, -0.05) is 28.1 Å². The van der Waals surface area contributed by atoms with Crippen LogP contribution in [0.25, 0.3) is 0 Å². The van der Waals surface area contributed by atoms with Gasteiger partial charge in [0.15, 0.2) is 11.5 Å². The molecule has 1 aromatic carbocycles. The smallest absolute Gasteiger partial charge is 0.320 e. The van der Waals surface area contributed by atoms with Gasteiger partial charge in [0, 0.05) is 29.5 Å². The predicted molar refractivity (Wildman–Crippen MR) is 103 cm³/mol. The number of methoxy groups -OCH3 is 1. The van der Waals surface area contributed by atoms with Crippen molar-refractivity contribution in [2.24, 2.45) is 0 Å². The average molecular weight is 438 g/mol. The van der Waals surface area contributed by atoms with Crippen LogP contribution in [0, 0.1) is 0 Å². The number of esters is 1. The van der Waals surface area contributed by atoms with E-state index in [2.05, 4.69) is 26.9 Å². The van der Waals surface area contributed by atoms with Crippen molar-refractivity contribution < 1.29 is 24.1 Å². The van der Waals surface area contributed by atoms with E-state index in [-0.39, 0.29) is 24.0 Å². The van der Waals surface area contributed by atoms with Gasteiger partial charge in [0.05, 0.1) is 31.8 Å². The van der Waals surface area contributed by atoms with Gasteiger partial charge in [0.25, 0.3) is 0 Å². The van der Waals surface area contributed by atoms with Crippen molar-refractivity contribution in [3.05, 3.63) is 33.8 Å². The van der Waals surface area contributed by atoms with Crippen LogP contribution in [0.4, 0.5) is 0 Å². The Bertz CT molecular complexity index is 795. The van der Waals surface area contributed by atoms with Crippen molar-refractivity contribution in [2.75, 3.05) is 26.8 Å². The summed E-state index contributed by atoms with van der Waals surface area (Å²) in [4.78, 5) is 14.2. The van der Waals surface area contributed by atoms with Crippen LogP contribution in [0.3, 0.4) is 0 Å². The summed E-state index contributed by atoms with van der Waals surface area (Å²) in [6, 6.07) is 1.92. The number of aliphatic hydroxyl groups is 1. The number of ether oxygens (including phenoxy) is 3. The molecule has 0 saturated heterocycles. The molecule has 2 heterocycles. The highest BCUT2D eigenvalue weighted by Crippen LogP contribution is 2.57. The van der Waals surface area contributed by atoms with E-state index in [1.54, 1.807) is 7.11 Å². The molecule has 0 saturated carbocycles. The second kappa shape index (κ2) is 7.11. The Morgan fingerprint density at radius 3 is 3.07 bits per heavy atom. The molecule has 1 spiro atoms. The molecule has 1 aliphatic carbocycles. The second-order valence-electron chi connectivity index (χ2n) is 7.32. The highest BCUT2D eigenvalue weighted by atomic mass is 79.9. The fraction of sp³-hybridized carbons (Fsp3) is 0.550. The number of halogens is 1. The quantitative estimate of drug-likeness (QED) is 0.576. The molecule has 0 fully saturated rings. The summed E-state index contributed by atoms with van der Waals surface area (Å²) >= 11 is 3.70.